The van der Waals surface area contributed by atoms with E-state index in [1.165, 1.54) is 12.4 Å². The van der Waals surface area contributed by atoms with Crippen LogP contribution in [0.5, 0.6) is 11.5 Å². The molecule has 1 aromatic heterocycles. The third-order valence-corrected chi connectivity index (χ3v) is 4.38. The number of nitrogens with zero attached hydrogens (tertiary/aromatic N) is 2. The smallest absolute Gasteiger partial charge is 0.417 e. The maximum absolute atomic E-state index is 13.1. The second-order valence-electron chi connectivity index (χ2n) is 5.99. The van der Waals surface area contributed by atoms with Gasteiger partial charge in [-0.1, -0.05) is 11.6 Å². The minimum Gasteiger partial charge on any atom is -0.454 e. The monoisotopic (exact) mass is 423 g/mol. The summed E-state index contributed by atoms with van der Waals surface area (Å²) in [6.45, 7) is 0.142. The molecule has 150 valence electrons. The molecule has 1 aliphatic heterocycles. The second kappa shape index (κ2) is 7.21. The normalized spacial score (nSPS) is 12.7. The van der Waals surface area contributed by atoms with Crippen LogP contribution in [0.25, 0.3) is 0 Å². The first kappa shape index (κ1) is 18.9. The fraction of sp³-hybridized carbons (Fsp3) is 0.111. The van der Waals surface area contributed by atoms with Gasteiger partial charge in [-0.3, -0.25) is 0 Å². The van der Waals surface area contributed by atoms with Gasteiger partial charge in [0, 0.05) is 17.4 Å². The van der Waals surface area contributed by atoms with Gasteiger partial charge in [0.1, 0.15) is 12.0 Å². The molecule has 11 heteroatoms. The molecule has 2 aromatic carbocycles. The third kappa shape index (κ3) is 3.92. The zero-order chi connectivity index (χ0) is 20.6. The van der Waals surface area contributed by atoms with Crippen molar-refractivity contribution in [3.63, 3.8) is 0 Å². The van der Waals surface area contributed by atoms with Gasteiger partial charge in [-0.15, -0.1) is 0 Å². The van der Waals surface area contributed by atoms with Crippen molar-refractivity contribution in [1.29, 1.82) is 0 Å². The van der Waals surface area contributed by atoms with E-state index in [-0.39, 0.29) is 29.8 Å². The number of nitrogens with two attached hydrogens (primary N) is 1. The summed E-state index contributed by atoms with van der Waals surface area (Å²) >= 11 is 5.64. The van der Waals surface area contributed by atoms with Gasteiger partial charge in [-0.2, -0.15) is 13.2 Å². The van der Waals surface area contributed by atoms with E-state index in [1.54, 1.807) is 18.2 Å². The highest BCUT2D eigenvalue weighted by molar-refractivity contribution is 6.31. The Kier molecular flexibility index (Phi) is 4.71. The van der Waals surface area contributed by atoms with Crippen molar-refractivity contribution in [1.82, 2.24) is 9.97 Å². The van der Waals surface area contributed by atoms with Crippen molar-refractivity contribution in [3.8, 4) is 11.5 Å². The quantitative estimate of drug-likeness (QED) is 0.546. The van der Waals surface area contributed by atoms with E-state index in [0.29, 0.717) is 17.2 Å². The average Bonchev–Trinajstić information content (AvgIpc) is 3.13. The van der Waals surface area contributed by atoms with Gasteiger partial charge < -0.3 is 25.8 Å². The zero-order valence-electron chi connectivity index (χ0n) is 14.5. The van der Waals surface area contributed by atoms with Gasteiger partial charge in [0.2, 0.25) is 6.79 Å². The molecule has 0 saturated heterocycles. The number of halogens is 4. The van der Waals surface area contributed by atoms with Crippen LogP contribution >= 0.6 is 11.6 Å². The summed E-state index contributed by atoms with van der Waals surface area (Å²) in [6.07, 6.45) is -3.35. The Morgan fingerprint density at radius 2 is 1.55 bits per heavy atom. The van der Waals surface area contributed by atoms with Crippen LogP contribution in [0.3, 0.4) is 0 Å². The minimum absolute atomic E-state index is 0.119. The Balaban J connectivity index is 1.59. The number of benzene rings is 2. The molecule has 0 fully saturated rings. The highest BCUT2D eigenvalue weighted by atomic mass is 35.5. The number of ether oxygens (including phenoxy) is 2. The van der Waals surface area contributed by atoms with Crippen LogP contribution in [0.2, 0.25) is 5.02 Å². The van der Waals surface area contributed by atoms with E-state index in [4.69, 9.17) is 26.8 Å². The highest BCUT2D eigenvalue weighted by Crippen LogP contribution is 2.38. The molecule has 0 radical (unpaired) electrons. The Morgan fingerprint density at radius 1 is 0.931 bits per heavy atom. The number of alkyl halides is 3. The summed E-state index contributed by atoms with van der Waals surface area (Å²) in [7, 11) is 0. The topological polar surface area (TPSA) is 94.3 Å². The van der Waals surface area contributed by atoms with Gasteiger partial charge in [-0.25, -0.2) is 9.97 Å². The third-order valence-electron chi connectivity index (χ3n) is 4.05. The summed E-state index contributed by atoms with van der Waals surface area (Å²) in [5, 5.41) is 5.38. The van der Waals surface area contributed by atoms with E-state index < -0.39 is 16.8 Å². The maximum Gasteiger partial charge on any atom is 0.417 e. The Labute approximate surface area is 167 Å². The van der Waals surface area contributed by atoms with Crippen LogP contribution in [-0.2, 0) is 6.18 Å². The molecule has 0 saturated carbocycles. The number of nitrogens with one attached hydrogen (secondary N) is 2. The van der Waals surface area contributed by atoms with Gasteiger partial charge in [0.15, 0.2) is 23.1 Å². The van der Waals surface area contributed by atoms with Gasteiger partial charge in [0.05, 0.1) is 10.6 Å². The van der Waals surface area contributed by atoms with Crippen molar-refractivity contribution >= 4 is 40.3 Å². The van der Waals surface area contributed by atoms with Crippen molar-refractivity contribution in [2.24, 2.45) is 0 Å². The lowest BCUT2D eigenvalue weighted by atomic mass is 10.2. The van der Waals surface area contributed by atoms with Gasteiger partial charge in [-0.05, 0) is 30.3 Å². The summed E-state index contributed by atoms with van der Waals surface area (Å²) in [6, 6.07) is 8.62. The van der Waals surface area contributed by atoms with Crippen LogP contribution in [-0.4, -0.2) is 16.8 Å². The fourth-order valence-electron chi connectivity index (χ4n) is 2.66. The van der Waals surface area contributed by atoms with Crippen LogP contribution < -0.4 is 25.8 Å². The van der Waals surface area contributed by atoms with Crippen molar-refractivity contribution < 1.29 is 22.6 Å². The minimum atomic E-state index is -4.59. The van der Waals surface area contributed by atoms with E-state index >= 15 is 0 Å². The van der Waals surface area contributed by atoms with Crippen LogP contribution in [0.4, 0.5) is 41.9 Å². The number of aromatic nitrogens is 2. The van der Waals surface area contributed by atoms with Crippen molar-refractivity contribution in [2.45, 2.75) is 6.18 Å². The predicted molar refractivity (Wildman–Crippen MR) is 102 cm³/mol. The van der Waals surface area contributed by atoms with Crippen LogP contribution in [0.15, 0.2) is 42.7 Å². The van der Waals surface area contributed by atoms with Gasteiger partial charge in [0.25, 0.3) is 0 Å². The molecule has 29 heavy (non-hydrogen) atoms. The SMILES string of the molecule is Nc1c(Nc2ccc3c(c2)OCO3)ncnc1Nc1ccc(Cl)c(C(F)(F)F)c1. The zero-order valence-corrected chi connectivity index (χ0v) is 15.3. The standard InChI is InChI=1S/C18H13ClF3N5O2/c19-12-3-1-9(5-11(12)18(20,21)22)26-16-15(23)17(25-7-24-16)27-10-2-4-13-14(6-10)29-8-28-13/h1-7H,8,23H2,(H2,24,25,26,27). The second-order valence-corrected chi connectivity index (χ2v) is 6.40. The molecular weight excluding hydrogens is 411 g/mol. The number of nitrogen functional groups attached to an aromatic ring is 1. The summed E-state index contributed by atoms with van der Waals surface area (Å²) in [5.41, 5.74) is 6.01. The number of rotatable bonds is 4. The molecule has 4 N–H and O–H groups in total. The van der Waals surface area contributed by atoms with E-state index in [9.17, 15) is 13.2 Å². The summed E-state index contributed by atoms with van der Waals surface area (Å²) < 4.78 is 49.7. The first-order valence-corrected chi connectivity index (χ1v) is 8.60. The lowest BCUT2D eigenvalue weighted by Crippen LogP contribution is -2.08. The molecule has 4 rings (SSSR count). The van der Waals surface area contributed by atoms with E-state index in [2.05, 4.69) is 20.6 Å². The molecule has 7 nitrogen and oxygen atoms in total. The molecule has 0 spiro atoms. The molecule has 3 aromatic rings. The first-order valence-electron chi connectivity index (χ1n) is 8.22. The molecule has 0 aliphatic carbocycles. The molecule has 0 atom stereocenters. The lowest BCUT2D eigenvalue weighted by Gasteiger charge is -2.14. The lowest BCUT2D eigenvalue weighted by molar-refractivity contribution is -0.137. The van der Waals surface area contributed by atoms with Crippen LogP contribution in [0, 0.1) is 0 Å². The fourth-order valence-corrected chi connectivity index (χ4v) is 2.89. The van der Waals surface area contributed by atoms with E-state index in [0.717, 1.165) is 12.1 Å². The Hall–Kier alpha value is -3.40. The van der Waals surface area contributed by atoms with Gasteiger partial charge >= 0.3 is 6.18 Å². The predicted octanol–water partition coefficient (Wildman–Crippen LogP) is 4.95. The summed E-state index contributed by atoms with van der Waals surface area (Å²) in [5.74, 6) is 1.60. The van der Waals surface area contributed by atoms with E-state index in [1.807, 2.05) is 0 Å². The first-order chi connectivity index (χ1) is 13.8. The number of fused-ring (bicyclic) bond motifs is 1. The molecular formula is C18H13ClF3N5O2. The highest BCUT2D eigenvalue weighted by Gasteiger charge is 2.33. The molecule has 1 aliphatic rings. The molecule has 0 unspecified atom stereocenters. The summed E-state index contributed by atoms with van der Waals surface area (Å²) in [4.78, 5) is 8.08. The van der Waals surface area contributed by atoms with Crippen molar-refractivity contribution in [2.75, 3.05) is 23.2 Å². The number of anilines is 5. The molecule has 0 bridgehead atoms. The van der Waals surface area contributed by atoms with Crippen molar-refractivity contribution in [3.05, 3.63) is 53.3 Å². The number of hydrogen-bond donors (Lipinski definition) is 3. The maximum atomic E-state index is 13.1. The molecule has 0 amide bonds. The Bertz CT molecular complexity index is 1080. The van der Waals surface area contributed by atoms with Crippen LogP contribution in [0.1, 0.15) is 5.56 Å². The number of hydrogen-bond acceptors (Lipinski definition) is 7. The molecule has 2 heterocycles. The average molecular weight is 424 g/mol. The largest absolute Gasteiger partial charge is 0.454 e. The Morgan fingerprint density at radius 3 is 2.24 bits per heavy atom.